The summed E-state index contributed by atoms with van der Waals surface area (Å²) in [6.45, 7) is 7.69. The summed E-state index contributed by atoms with van der Waals surface area (Å²) in [5.41, 5.74) is 1.73. The van der Waals surface area contributed by atoms with Gasteiger partial charge in [-0.1, -0.05) is 64.3 Å². The average molecular weight is 386 g/mol. The maximum absolute atomic E-state index is 11.1. The van der Waals surface area contributed by atoms with Gasteiger partial charge in [-0.25, -0.2) is 0 Å². The standard InChI is InChI=1S/C23H35BO4/c1-5-8-13-20-21(24(27-16-9-6-2)28-17-10-7-3)23(26-4)19-15-12-11-14-18(19)22(20)25/h11-12,14-15,25H,5-10,13,16-17H2,1-4H3. The average Bonchev–Trinajstić information content (AvgIpc) is 2.72. The van der Waals surface area contributed by atoms with E-state index in [0.717, 1.165) is 72.5 Å². The summed E-state index contributed by atoms with van der Waals surface area (Å²) in [6, 6.07) is 7.83. The molecule has 0 bridgehead atoms. The smallest absolute Gasteiger partial charge is 0.498 e. The zero-order chi connectivity index (χ0) is 20.4. The summed E-state index contributed by atoms with van der Waals surface area (Å²) < 4.78 is 18.2. The van der Waals surface area contributed by atoms with Crippen LogP contribution in [0.3, 0.4) is 0 Å². The normalized spacial score (nSPS) is 11.1. The first-order valence-electron chi connectivity index (χ1n) is 10.7. The molecular weight excluding hydrogens is 351 g/mol. The highest BCUT2D eigenvalue weighted by atomic mass is 16.6. The second-order valence-corrected chi connectivity index (χ2v) is 7.20. The molecule has 0 radical (unpaired) electrons. The summed E-state index contributed by atoms with van der Waals surface area (Å²) in [4.78, 5) is 0. The van der Waals surface area contributed by atoms with Crippen molar-refractivity contribution in [3.05, 3.63) is 29.8 Å². The van der Waals surface area contributed by atoms with Gasteiger partial charge >= 0.3 is 7.12 Å². The Kier molecular flexibility index (Phi) is 9.66. The fourth-order valence-electron chi connectivity index (χ4n) is 3.42. The number of phenols is 1. The van der Waals surface area contributed by atoms with E-state index in [1.54, 1.807) is 7.11 Å². The third-order valence-corrected chi connectivity index (χ3v) is 5.04. The maximum Gasteiger partial charge on any atom is 0.498 e. The van der Waals surface area contributed by atoms with Crippen LogP contribution in [-0.2, 0) is 15.7 Å². The molecule has 5 heteroatoms. The van der Waals surface area contributed by atoms with Crippen molar-refractivity contribution in [2.24, 2.45) is 0 Å². The SMILES string of the molecule is CCCCOB(OCCCC)c1c(CCCC)c(O)c2ccccc2c1OC. The predicted molar refractivity (Wildman–Crippen MR) is 118 cm³/mol. The first kappa shape index (κ1) is 22.6. The number of ether oxygens (including phenoxy) is 1. The van der Waals surface area contributed by atoms with Crippen molar-refractivity contribution >= 4 is 23.4 Å². The van der Waals surface area contributed by atoms with E-state index in [9.17, 15) is 5.11 Å². The minimum absolute atomic E-state index is 0.322. The predicted octanol–water partition coefficient (Wildman–Crippen LogP) is 5.23. The Morgan fingerprint density at radius 2 is 1.43 bits per heavy atom. The molecule has 0 heterocycles. The lowest BCUT2D eigenvalue weighted by Crippen LogP contribution is -2.41. The molecule has 0 amide bonds. The van der Waals surface area contributed by atoms with Crippen molar-refractivity contribution in [3.63, 3.8) is 0 Å². The lowest BCUT2D eigenvalue weighted by Gasteiger charge is -2.23. The Morgan fingerprint density at radius 3 is 1.96 bits per heavy atom. The lowest BCUT2D eigenvalue weighted by atomic mass is 9.72. The fourth-order valence-corrected chi connectivity index (χ4v) is 3.42. The zero-order valence-corrected chi connectivity index (χ0v) is 17.9. The number of benzene rings is 2. The van der Waals surface area contributed by atoms with E-state index in [0.29, 0.717) is 19.0 Å². The lowest BCUT2D eigenvalue weighted by molar-refractivity contribution is 0.201. The highest BCUT2D eigenvalue weighted by Crippen LogP contribution is 2.36. The topological polar surface area (TPSA) is 47.9 Å². The van der Waals surface area contributed by atoms with Gasteiger partial charge in [0.2, 0.25) is 0 Å². The molecule has 2 aromatic carbocycles. The van der Waals surface area contributed by atoms with Gasteiger partial charge in [-0.15, -0.1) is 0 Å². The molecule has 0 unspecified atom stereocenters. The van der Waals surface area contributed by atoms with Crippen LogP contribution < -0.4 is 10.2 Å². The van der Waals surface area contributed by atoms with Gasteiger partial charge < -0.3 is 19.2 Å². The molecular formula is C23H35BO4. The van der Waals surface area contributed by atoms with Crippen molar-refractivity contribution in [1.82, 2.24) is 0 Å². The Labute approximate surface area is 170 Å². The molecule has 0 aliphatic carbocycles. The van der Waals surface area contributed by atoms with Crippen LogP contribution in [0.15, 0.2) is 24.3 Å². The van der Waals surface area contributed by atoms with E-state index < -0.39 is 7.12 Å². The number of fused-ring (bicyclic) bond motifs is 1. The Morgan fingerprint density at radius 1 is 0.857 bits per heavy atom. The molecule has 2 rings (SSSR count). The van der Waals surface area contributed by atoms with Crippen molar-refractivity contribution in [3.8, 4) is 11.5 Å². The number of hydrogen-bond donors (Lipinski definition) is 1. The molecule has 154 valence electrons. The Bertz CT molecular complexity index is 722. The van der Waals surface area contributed by atoms with Crippen LogP contribution >= 0.6 is 0 Å². The minimum atomic E-state index is -0.532. The molecule has 0 saturated heterocycles. The van der Waals surface area contributed by atoms with Crippen LogP contribution in [0, 0.1) is 0 Å². The second kappa shape index (κ2) is 12.0. The maximum atomic E-state index is 11.1. The van der Waals surface area contributed by atoms with E-state index in [2.05, 4.69) is 20.8 Å². The van der Waals surface area contributed by atoms with Gasteiger partial charge in [-0.05, 0) is 31.2 Å². The van der Waals surface area contributed by atoms with Crippen molar-refractivity contribution in [2.45, 2.75) is 65.7 Å². The number of aromatic hydroxyl groups is 1. The highest BCUT2D eigenvalue weighted by molar-refractivity contribution is 6.63. The van der Waals surface area contributed by atoms with Gasteiger partial charge in [-0.3, -0.25) is 0 Å². The number of rotatable bonds is 13. The summed E-state index contributed by atoms with van der Waals surface area (Å²) in [6.07, 6.45) is 6.86. The minimum Gasteiger partial charge on any atom is -0.507 e. The van der Waals surface area contributed by atoms with E-state index >= 15 is 0 Å². The summed E-state index contributed by atoms with van der Waals surface area (Å²) in [5, 5.41) is 12.8. The van der Waals surface area contributed by atoms with E-state index in [1.165, 1.54) is 0 Å². The molecule has 0 aliphatic rings. The van der Waals surface area contributed by atoms with Gasteiger partial charge in [0.05, 0.1) is 7.11 Å². The van der Waals surface area contributed by atoms with Crippen LogP contribution in [0.25, 0.3) is 10.8 Å². The van der Waals surface area contributed by atoms with Gasteiger partial charge in [0.1, 0.15) is 11.5 Å². The molecule has 1 N–H and O–H groups in total. The first-order valence-corrected chi connectivity index (χ1v) is 10.7. The van der Waals surface area contributed by atoms with Crippen LogP contribution in [0.1, 0.15) is 64.9 Å². The quantitative estimate of drug-likeness (QED) is 0.379. The van der Waals surface area contributed by atoms with E-state index in [-0.39, 0.29) is 0 Å². The number of hydrogen-bond acceptors (Lipinski definition) is 4. The van der Waals surface area contributed by atoms with Crippen LogP contribution in [0.5, 0.6) is 11.5 Å². The zero-order valence-electron chi connectivity index (χ0n) is 17.9. The van der Waals surface area contributed by atoms with Crippen molar-refractivity contribution in [2.75, 3.05) is 20.3 Å². The molecule has 0 fully saturated rings. The van der Waals surface area contributed by atoms with Crippen LogP contribution in [0.2, 0.25) is 0 Å². The third kappa shape index (κ3) is 5.42. The van der Waals surface area contributed by atoms with Crippen LogP contribution in [0.4, 0.5) is 0 Å². The first-order chi connectivity index (χ1) is 13.7. The number of phenolic OH excluding ortho intramolecular Hbond substituents is 1. The largest absolute Gasteiger partial charge is 0.507 e. The molecule has 0 saturated carbocycles. The Hall–Kier alpha value is -1.72. The third-order valence-electron chi connectivity index (χ3n) is 5.04. The molecule has 0 spiro atoms. The second-order valence-electron chi connectivity index (χ2n) is 7.20. The van der Waals surface area contributed by atoms with Gasteiger partial charge in [-0.2, -0.15) is 0 Å². The molecule has 0 aliphatic heterocycles. The fraction of sp³-hybridized carbons (Fsp3) is 0.565. The van der Waals surface area contributed by atoms with E-state index in [1.807, 2.05) is 24.3 Å². The molecule has 28 heavy (non-hydrogen) atoms. The number of unbranched alkanes of at least 4 members (excludes halogenated alkanes) is 3. The van der Waals surface area contributed by atoms with Crippen molar-refractivity contribution in [1.29, 1.82) is 0 Å². The molecule has 0 aromatic heterocycles. The molecule has 2 aromatic rings. The number of methoxy groups -OCH3 is 1. The van der Waals surface area contributed by atoms with Gasteiger partial charge in [0.15, 0.2) is 0 Å². The molecule has 0 atom stereocenters. The Balaban J connectivity index is 2.59. The highest BCUT2D eigenvalue weighted by Gasteiger charge is 2.32. The van der Waals surface area contributed by atoms with Gasteiger partial charge in [0, 0.05) is 29.4 Å². The summed E-state index contributed by atoms with van der Waals surface area (Å²) in [7, 11) is 1.15. The van der Waals surface area contributed by atoms with E-state index in [4.69, 9.17) is 14.0 Å². The monoisotopic (exact) mass is 386 g/mol. The summed E-state index contributed by atoms with van der Waals surface area (Å²) in [5.74, 6) is 1.07. The van der Waals surface area contributed by atoms with Gasteiger partial charge in [0.25, 0.3) is 0 Å². The summed E-state index contributed by atoms with van der Waals surface area (Å²) >= 11 is 0. The molecule has 4 nitrogen and oxygen atoms in total. The van der Waals surface area contributed by atoms with Crippen molar-refractivity contribution < 1.29 is 19.2 Å². The van der Waals surface area contributed by atoms with Crippen LogP contribution in [-0.4, -0.2) is 32.5 Å².